The van der Waals surface area contributed by atoms with Crippen LogP contribution in [0, 0.1) is 22.9 Å². The van der Waals surface area contributed by atoms with E-state index in [2.05, 4.69) is 26.6 Å². The van der Waals surface area contributed by atoms with Crippen molar-refractivity contribution in [3.05, 3.63) is 61.9 Å². The van der Waals surface area contributed by atoms with Gasteiger partial charge >= 0.3 is 0 Å². The van der Waals surface area contributed by atoms with Crippen LogP contribution in [0.3, 0.4) is 0 Å². The molecule has 0 aliphatic heterocycles. The summed E-state index contributed by atoms with van der Waals surface area (Å²) in [5.74, 6) is -0.963. The minimum Gasteiger partial charge on any atom is -0.382 e. The Hall–Kier alpha value is -2.52. The van der Waals surface area contributed by atoms with E-state index in [4.69, 9.17) is 5.73 Å². The molecule has 0 saturated carbocycles. The highest BCUT2D eigenvalue weighted by molar-refractivity contribution is 9.10. The first kappa shape index (κ1) is 18.8. The van der Waals surface area contributed by atoms with Gasteiger partial charge in [0, 0.05) is 29.7 Å². The molecule has 0 saturated heterocycles. The predicted octanol–water partition coefficient (Wildman–Crippen LogP) is 3.43. The van der Waals surface area contributed by atoms with Gasteiger partial charge in [-0.2, -0.15) is 0 Å². The third kappa shape index (κ3) is 4.31. The van der Waals surface area contributed by atoms with Crippen molar-refractivity contribution in [3.63, 3.8) is 0 Å². The molecular formula is C16H16BrFN4O3. The first-order valence-corrected chi connectivity index (χ1v) is 8.12. The molecule has 2 rings (SSSR count). The fourth-order valence-electron chi connectivity index (χ4n) is 2.14. The first-order valence-electron chi connectivity index (χ1n) is 7.33. The SMILES string of the molecule is Cc1c(F)ccc(C(=O)Nc2cc([N+](=O)[O-])ccc2NCCN)c1Br. The normalized spacial score (nSPS) is 10.4. The molecular weight excluding hydrogens is 395 g/mol. The quantitative estimate of drug-likeness (QED) is 0.498. The third-order valence-corrected chi connectivity index (χ3v) is 4.51. The van der Waals surface area contributed by atoms with E-state index in [1.807, 2.05) is 0 Å². The summed E-state index contributed by atoms with van der Waals surface area (Å²) in [5.41, 5.74) is 6.54. The lowest BCUT2D eigenvalue weighted by Crippen LogP contribution is -2.17. The van der Waals surface area contributed by atoms with Crippen LogP contribution < -0.4 is 16.4 Å². The highest BCUT2D eigenvalue weighted by Crippen LogP contribution is 2.29. The van der Waals surface area contributed by atoms with Crippen LogP contribution in [0.4, 0.5) is 21.5 Å². The zero-order chi connectivity index (χ0) is 18.6. The number of hydrogen-bond donors (Lipinski definition) is 3. The van der Waals surface area contributed by atoms with Crippen molar-refractivity contribution in [3.8, 4) is 0 Å². The van der Waals surface area contributed by atoms with Crippen molar-refractivity contribution in [2.45, 2.75) is 6.92 Å². The number of nitro groups is 1. The van der Waals surface area contributed by atoms with Gasteiger partial charge in [-0.15, -0.1) is 0 Å². The molecule has 7 nitrogen and oxygen atoms in total. The van der Waals surface area contributed by atoms with Crippen molar-refractivity contribution >= 4 is 38.9 Å². The molecule has 0 bridgehead atoms. The highest BCUT2D eigenvalue weighted by Gasteiger charge is 2.17. The lowest BCUT2D eigenvalue weighted by atomic mass is 10.1. The number of amides is 1. The number of halogens is 2. The van der Waals surface area contributed by atoms with Crippen molar-refractivity contribution in [2.75, 3.05) is 23.7 Å². The number of nitro benzene ring substituents is 1. The van der Waals surface area contributed by atoms with E-state index >= 15 is 0 Å². The Morgan fingerprint density at radius 1 is 1.32 bits per heavy atom. The van der Waals surface area contributed by atoms with Crippen LogP contribution in [0.5, 0.6) is 0 Å². The molecule has 132 valence electrons. The molecule has 4 N–H and O–H groups in total. The summed E-state index contributed by atoms with van der Waals surface area (Å²) in [4.78, 5) is 22.9. The van der Waals surface area contributed by atoms with Crippen molar-refractivity contribution < 1.29 is 14.1 Å². The second-order valence-corrected chi connectivity index (χ2v) is 5.98. The lowest BCUT2D eigenvalue weighted by Gasteiger charge is -2.14. The smallest absolute Gasteiger partial charge is 0.271 e. The van der Waals surface area contributed by atoms with Crippen LogP contribution in [-0.4, -0.2) is 23.9 Å². The summed E-state index contributed by atoms with van der Waals surface area (Å²) < 4.78 is 13.9. The Kier molecular flexibility index (Phi) is 6.05. The van der Waals surface area contributed by atoms with Gasteiger partial charge in [0.05, 0.1) is 21.9 Å². The molecule has 0 fully saturated rings. The standard InChI is InChI=1S/C16H16BrFN4O3/c1-9-12(18)4-3-11(15(9)17)16(23)21-14-8-10(22(24)25)2-5-13(14)20-7-6-19/h2-5,8,20H,6-7,19H2,1H3,(H,21,23). The van der Waals surface area contributed by atoms with E-state index in [0.717, 1.165) is 0 Å². The number of carbonyl (C=O) groups excluding carboxylic acids is 1. The van der Waals surface area contributed by atoms with Gasteiger partial charge in [0.1, 0.15) is 5.82 Å². The van der Waals surface area contributed by atoms with E-state index in [9.17, 15) is 19.3 Å². The zero-order valence-electron chi connectivity index (χ0n) is 13.3. The maximum atomic E-state index is 13.5. The summed E-state index contributed by atoms with van der Waals surface area (Å²) in [6.07, 6.45) is 0. The van der Waals surface area contributed by atoms with Crippen LogP contribution in [0.25, 0.3) is 0 Å². The minimum absolute atomic E-state index is 0.164. The Balaban J connectivity index is 2.37. The molecule has 0 aliphatic rings. The van der Waals surface area contributed by atoms with E-state index in [1.54, 1.807) is 0 Å². The molecule has 9 heteroatoms. The Bertz CT molecular complexity index is 829. The predicted molar refractivity (Wildman–Crippen MR) is 97.4 cm³/mol. The van der Waals surface area contributed by atoms with Crippen LogP contribution in [0.1, 0.15) is 15.9 Å². The molecule has 0 aromatic heterocycles. The van der Waals surface area contributed by atoms with E-state index < -0.39 is 16.6 Å². The molecule has 0 aliphatic carbocycles. The van der Waals surface area contributed by atoms with Gasteiger partial charge in [-0.25, -0.2) is 4.39 Å². The average molecular weight is 411 g/mol. The van der Waals surface area contributed by atoms with Crippen LogP contribution >= 0.6 is 15.9 Å². The maximum Gasteiger partial charge on any atom is 0.271 e. The van der Waals surface area contributed by atoms with Gasteiger partial charge in [-0.1, -0.05) is 0 Å². The molecule has 2 aromatic carbocycles. The molecule has 1 amide bonds. The minimum atomic E-state index is -0.555. The van der Waals surface area contributed by atoms with Gasteiger partial charge in [-0.3, -0.25) is 14.9 Å². The summed E-state index contributed by atoms with van der Waals surface area (Å²) in [6, 6.07) is 6.60. The number of nitrogens with zero attached hydrogens (tertiary/aromatic N) is 1. The summed E-state index contributed by atoms with van der Waals surface area (Å²) in [7, 11) is 0. The Labute approximate surface area is 151 Å². The second kappa shape index (κ2) is 8.04. The average Bonchev–Trinajstić information content (AvgIpc) is 2.58. The van der Waals surface area contributed by atoms with Crippen LogP contribution in [0.2, 0.25) is 0 Å². The molecule has 2 aromatic rings. The maximum absolute atomic E-state index is 13.5. The van der Waals surface area contributed by atoms with E-state index in [1.165, 1.54) is 37.3 Å². The molecule has 0 radical (unpaired) electrons. The number of non-ortho nitro benzene ring substituents is 1. The fourth-order valence-corrected chi connectivity index (χ4v) is 2.64. The number of benzene rings is 2. The Morgan fingerprint density at radius 3 is 2.68 bits per heavy atom. The summed E-state index contributed by atoms with van der Waals surface area (Å²) >= 11 is 3.20. The summed E-state index contributed by atoms with van der Waals surface area (Å²) in [5, 5.41) is 16.6. The molecule has 0 unspecified atom stereocenters. The van der Waals surface area contributed by atoms with Crippen molar-refractivity contribution in [2.24, 2.45) is 5.73 Å². The van der Waals surface area contributed by atoms with E-state index in [-0.39, 0.29) is 16.9 Å². The van der Waals surface area contributed by atoms with Crippen LogP contribution in [-0.2, 0) is 0 Å². The molecule has 0 heterocycles. The largest absolute Gasteiger partial charge is 0.382 e. The zero-order valence-corrected chi connectivity index (χ0v) is 14.9. The van der Waals surface area contributed by atoms with Crippen molar-refractivity contribution in [1.29, 1.82) is 0 Å². The second-order valence-electron chi connectivity index (χ2n) is 5.19. The number of nitrogens with one attached hydrogen (secondary N) is 2. The van der Waals surface area contributed by atoms with Gasteiger partial charge in [-0.05, 0) is 46.6 Å². The molecule has 25 heavy (non-hydrogen) atoms. The van der Waals surface area contributed by atoms with Gasteiger partial charge in [0.15, 0.2) is 0 Å². The fraction of sp³-hybridized carbons (Fsp3) is 0.188. The number of carbonyl (C=O) groups is 1. The topological polar surface area (TPSA) is 110 Å². The van der Waals surface area contributed by atoms with Crippen molar-refractivity contribution in [1.82, 2.24) is 0 Å². The van der Waals surface area contributed by atoms with Gasteiger partial charge in [0.2, 0.25) is 0 Å². The number of nitrogens with two attached hydrogens (primary N) is 1. The van der Waals surface area contributed by atoms with Gasteiger partial charge in [0.25, 0.3) is 11.6 Å². The monoisotopic (exact) mass is 410 g/mol. The molecule has 0 spiro atoms. The highest BCUT2D eigenvalue weighted by atomic mass is 79.9. The molecule has 0 atom stereocenters. The number of anilines is 2. The van der Waals surface area contributed by atoms with Gasteiger partial charge < -0.3 is 16.4 Å². The summed E-state index contributed by atoms with van der Waals surface area (Å²) in [6.45, 7) is 2.32. The first-order chi connectivity index (χ1) is 11.8. The van der Waals surface area contributed by atoms with Crippen LogP contribution in [0.15, 0.2) is 34.8 Å². The Morgan fingerprint density at radius 2 is 2.04 bits per heavy atom. The lowest BCUT2D eigenvalue weighted by molar-refractivity contribution is -0.384. The number of hydrogen-bond acceptors (Lipinski definition) is 5. The number of rotatable bonds is 6. The third-order valence-electron chi connectivity index (χ3n) is 3.49. The van der Waals surface area contributed by atoms with E-state index in [0.29, 0.717) is 28.8 Å².